The fourth-order valence-electron chi connectivity index (χ4n) is 4.22. The molecular weight excluding hydrogens is 534 g/mol. The molecule has 0 spiro atoms. The van der Waals surface area contributed by atoms with Gasteiger partial charge in [0, 0.05) is 36.4 Å². The highest BCUT2D eigenvalue weighted by atomic mass is 16.4. The minimum atomic E-state index is -1.43. The molecule has 9 N–H and O–H groups in total. The van der Waals surface area contributed by atoms with E-state index in [4.69, 9.17) is 5.73 Å². The molecule has 0 saturated heterocycles. The van der Waals surface area contributed by atoms with Crippen LogP contribution in [0.5, 0.6) is 0 Å². The molecule has 1 aromatic heterocycles. The molecule has 0 aliphatic carbocycles. The summed E-state index contributed by atoms with van der Waals surface area (Å²) < 4.78 is 0. The van der Waals surface area contributed by atoms with Crippen molar-refractivity contribution in [1.82, 2.24) is 20.9 Å². The number of H-pyrrole nitrogens is 1. The van der Waals surface area contributed by atoms with Gasteiger partial charge < -0.3 is 42.0 Å². The first kappa shape index (κ1) is 30.8. The zero-order valence-corrected chi connectivity index (χ0v) is 22.1. The molecule has 218 valence electrons. The van der Waals surface area contributed by atoms with Crippen molar-refractivity contribution in [3.8, 4) is 0 Å². The molecule has 0 saturated carbocycles. The van der Waals surface area contributed by atoms with Gasteiger partial charge in [0.1, 0.15) is 24.2 Å². The quantitative estimate of drug-likeness (QED) is 0.120. The summed E-state index contributed by atoms with van der Waals surface area (Å²) in [6.07, 6.45) is 0.737. The molecule has 41 heavy (non-hydrogen) atoms. The van der Waals surface area contributed by atoms with Crippen LogP contribution in [-0.2, 0) is 36.8 Å². The lowest BCUT2D eigenvalue weighted by molar-refractivity contribution is -0.143. The molecular formula is C28H33N5O8. The van der Waals surface area contributed by atoms with Crippen LogP contribution in [0, 0.1) is 0 Å². The van der Waals surface area contributed by atoms with Crippen molar-refractivity contribution in [2.75, 3.05) is 6.61 Å². The van der Waals surface area contributed by atoms with Crippen LogP contribution in [0.2, 0.25) is 0 Å². The van der Waals surface area contributed by atoms with Gasteiger partial charge in [0.15, 0.2) is 0 Å². The summed E-state index contributed by atoms with van der Waals surface area (Å²) in [5.41, 5.74) is 7.68. The number of para-hydroxylation sites is 1. The van der Waals surface area contributed by atoms with Crippen LogP contribution in [0.4, 0.5) is 0 Å². The standard InChI is InChI=1S/C28H33N5O8/c29-19(15-34)25(37)32-22(12-16-6-2-1-3-7-16)27(39)31-21(10-11-24(35)36)26(38)33-23(28(40)41)13-17-14-30-20-9-5-4-8-18(17)20/h1-9,14,19,21-23,30,34H,10-13,15,29H2,(H,31,39)(H,32,37)(H,33,38)(H,35,36)(H,40,41). The fourth-order valence-corrected chi connectivity index (χ4v) is 4.22. The number of aliphatic carboxylic acids is 2. The maximum atomic E-state index is 13.3. The van der Waals surface area contributed by atoms with Crippen LogP contribution in [0.3, 0.4) is 0 Å². The van der Waals surface area contributed by atoms with Gasteiger partial charge >= 0.3 is 11.9 Å². The van der Waals surface area contributed by atoms with Gasteiger partial charge in [-0.3, -0.25) is 19.2 Å². The van der Waals surface area contributed by atoms with Crippen molar-refractivity contribution in [1.29, 1.82) is 0 Å². The fraction of sp³-hybridized carbons (Fsp3) is 0.321. The number of aliphatic hydroxyl groups is 1. The first-order chi connectivity index (χ1) is 19.6. The normalized spacial score (nSPS) is 13.9. The molecule has 0 aliphatic rings. The second-order valence-electron chi connectivity index (χ2n) is 9.50. The number of fused-ring (bicyclic) bond motifs is 1. The number of hydrogen-bond donors (Lipinski definition) is 8. The van der Waals surface area contributed by atoms with Crippen molar-refractivity contribution < 1.29 is 39.3 Å². The van der Waals surface area contributed by atoms with E-state index in [2.05, 4.69) is 20.9 Å². The monoisotopic (exact) mass is 567 g/mol. The predicted octanol–water partition coefficient (Wildman–Crippen LogP) is -0.323. The molecule has 13 heteroatoms. The molecule has 3 rings (SSSR count). The number of carboxylic acids is 2. The number of carboxylic acid groups (broad SMARTS) is 2. The Hall–Kier alpha value is -4.75. The minimum Gasteiger partial charge on any atom is -0.481 e. The van der Waals surface area contributed by atoms with Gasteiger partial charge in [0.2, 0.25) is 17.7 Å². The van der Waals surface area contributed by atoms with Gasteiger partial charge in [-0.2, -0.15) is 0 Å². The average molecular weight is 568 g/mol. The zero-order valence-electron chi connectivity index (χ0n) is 22.1. The van der Waals surface area contributed by atoms with Crippen molar-refractivity contribution in [3.05, 3.63) is 71.9 Å². The summed E-state index contributed by atoms with van der Waals surface area (Å²) in [5, 5.41) is 36.3. The smallest absolute Gasteiger partial charge is 0.326 e. The lowest BCUT2D eigenvalue weighted by atomic mass is 10.0. The number of benzene rings is 2. The minimum absolute atomic E-state index is 0.00213. The number of hydrogen-bond acceptors (Lipinski definition) is 7. The first-order valence-corrected chi connectivity index (χ1v) is 12.9. The van der Waals surface area contributed by atoms with E-state index in [1.165, 1.54) is 0 Å². The Balaban J connectivity index is 1.79. The van der Waals surface area contributed by atoms with E-state index < -0.39 is 66.9 Å². The number of carbonyl (C=O) groups excluding carboxylic acids is 3. The van der Waals surface area contributed by atoms with E-state index in [-0.39, 0.29) is 19.3 Å². The van der Waals surface area contributed by atoms with E-state index in [0.717, 1.165) is 10.9 Å². The summed E-state index contributed by atoms with van der Waals surface area (Å²) in [4.78, 5) is 65.3. The van der Waals surface area contributed by atoms with Crippen LogP contribution in [0.15, 0.2) is 60.8 Å². The Kier molecular flexibility index (Phi) is 11.0. The van der Waals surface area contributed by atoms with Gasteiger partial charge in [-0.15, -0.1) is 0 Å². The second kappa shape index (κ2) is 14.6. The number of rotatable bonds is 15. The SMILES string of the molecule is NC(CO)C(=O)NC(Cc1ccccc1)C(=O)NC(CCC(=O)O)C(=O)NC(Cc1c[nH]c2ccccc12)C(=O)O. The number of nitrogens with two attached hydrogens (primary N) is 1. The van der Waals surface area contributed by atoms with E-state index in [9.17, 15) is 39.3 Å². The third-order valence-corrected chi connectivity index (χ3v) is 6.44. The molecule has 1 heterocycles. The van der Waals surface area contributed by atoms with E-state index >= 15 is 0 Å². The number of aromatic amines is 1. The highest BCUT2D eigenvalue weighted by Gasteiger charge is 2.31. The van der Waals surface area contributed by atoms with Crippen molar-refractivity contribution in [2.24, 2.45) is 5.73 Å². The Morgan fingerprint density at radius 1 is 0.780 bits per heavy atom. The van der Waals surface area contributed by atoms with Crippen molar-refractivity contribution in [2.45, 2.75) is 49.9 Å². The highest BCUT2D eigenvalue weighted by molar-refractivity contribution is 5.94. The van der Waals surface area contributed by atoms with Crippen LogP contribution in [0.1, 0.15) is 24.0 Å². The summed E-state index contributed by atoms with van der Waals surface area (Å²) in [5.74, 6) is -5.07. The molecule has 0 bridgehead atoms. The lowest BCUT2D eigenvalue weighted by Crippen LogP contribution is -2.58. The largest absolute Gasteiger partial charge is 0.481 e. The number of amides is 3. The lowest BCUT2D eigenvalue weighted by Gasteiger charge is -2.25. The molecule has 3 amide bonds. The summed E-state index contributed by atoms with van der Waals surface area (Å²) >= 11 is 0. The van der Waals surface area contributed by atoms with Gasteiger partial charge in [0.05, 0.1) is 6.61 Å². The third-order valence-electron chi connectivity index (χ3n) is 6.44. The number of nitrogens with one attached hydrogen (secondary N) is 4. The molecule has 0 fully saturated rings. The van der Waals surface area contributed by atoms with Gasteiger partial charge in [0.25, 0.3) is 0 Å². The van der Waals surface area contributed by atoms with Crippen LogP contribution >= 0.6 is 0 Å². The van der Waals surface area contributed by atoms with Crippen LogP contribution in [-0.4, -0.2) is 80.7 Å². The third kappa shape index (κ3) is 8.88. The van der Waals surface area contributed by atoms with Crippen molar-refractivity contribution >= 4 is 40.6 Å². The number of aliphatic hydroxyl groups excluding tert-OH is 1. The number of carbonyl (C=O) groups is 5. The molecule has 4 atom stereocenters. The summed E-state index contributed by atoms with van der Waals surface area (Å²) in [7, 11) is 0. The molecule has 13 nitrogen and oxygen atoms in total. The van der Waals surface area contributed by atoms with E-state index in [1.54, 1.807) is 42.6 Å². The molecule has 2 aromatic carbocycles. The summed E-state index contributed by atoms with van der Waals surface area (Å²) in [6, 6.07) is 10.6. The van der Waals surface area contributed by atoms with Gasteiger partial charge in [-0.05, 0) is 23.6 Å². The Labute approximate surface area is 235 Å². The molecule has 0 aliphatic heterocycles. The Morgan fingerprint density at radius 3 is 2.05 bits per heavy atom. The van der Waals surface area contributed by atoms with E-state index in [1.807, 2.05) is 18.2 Å². The van der Waals surface area contributed by atoms with Gasteiger partial charge in [-0.1, -0.05) is 48.5 Å². The second-order valence-corrected chi connectivity index (χ2v) is 9.50. The van der Waals surface area contributed by atoms with Crippen LogP contribution < -0.4 is 21.7 Å². The Bertz CT molecular complexity index is 1380. The predicted molar refractivity (Wildman–Crippen MR) is 148 cm³/mol. The summed E-state index contributed by atoms with van der Waals surface area (Å²) in [6.45, 7) is -0.665. The maximum Gasteiger partial charge on any atom is 0.326 e. The zero-order chi connectivity index (χ0) is 29.9. The van der Waals surface area contributed by atoms with Gasteiger partial charge in [-0.25, -0.2) is 4.79 Å². The average Bonchev–Trinajstić information content (AvgIpc) is 3.36. The van der Waals surface area contributed by atoms with Crippen molar-refractivity contribution in [3.63, 3.8) is 0 Å². The molecule has 0 radical (unpaired) electrons. The van der Waals surface area contributed by atoms with Crippen LogP contribution in [0.25, 0.3) is 10.9 Å². The van der Waals surface area contributed by atoms with E-state index in [0.29, 0.717) is 11.1 Å². The molecule has 4 unspecified atom stereocenters. The first-order valence-electron chi connectivity index (χ1n) is 12.9. The number of aromatic nitrogens is 1. The Morgan fingerprint density at radius 2 is 1.39 bits per heavy atom. The highest BCUT2D eigenvalue weighted by Crippen LogP contribution is 2.19. The topological polar surface area (TPSA) is 224 Å². The molecule has 3 aromatic rings. The maximum absolute atomic E-state index is 13.3.